The Balaban J connectivity index is 1.80. The van der Waals surface area contributed by atoms with Crippen LogP contribution in [0.5, 0.6) is 11.5 Å². The number of esters is 1. The highest BCUT2D eigenvalue weighted by atomic mass is 19.4. The van der Waals surface area contributed by atoms with Crippen molar-refractivity contribution in [3.63, 3.8) is 0 Å². The number of carbonyl (C=O) groups is 2. The van der Waals surface area contributed by atoms with Crippen molar-refractivity contribution in [2.45, 2.75) is 38.8 Å². The van der Waals surface area contributed by atoms with E-state index in [2.05, 4.69) is 0 Å². The van der Waals surface area contributed by atoms with E-state index >= 15 is 0 Å². The number of anilines is 1. The van der Waals surface area contributed by atoms with Crippen LogP contribution in [-0.2, 0) is 20.5 Å². The van der Waals surface area contributed by atoms with Crippen molar-refractivity contribution < 1.29 is 37.0 Å². The van der Waals surface area contributed by atoms with Crippen molar-refractivity contribution in [3.05, 3.63) is 64.9 Å². The molecule has 2 aromatic rings. The number of ether oxygens (including phenoxy) is 3. The van der Waals surface area contributed by atoms with E-state index < -0.39 is 40.8 Å². The smallest absolute Gasteiger partial charge is 0.418 e. The first kappa shape index (κ1) is 24.9. The van der Waals surface area contributed by atoms with Gasteiger partial charge in [0.15, 0.2) is 17.3 Å². The molecule has 0 amide bonds. The molecule has 0 saturated heterocycles. The number of nitrogens with one attached hydrogen (secondary N) is 1. The molecule has 7 nitrogen and oxygen atoms in total. The third kappa shape index (κ3) is 4.14. The van der Waals surface area contributed by atoms with Crippen molar-refractivity contribution in [3.8, 4) is 11.5 Å². The summed E-state index contributed by atoms with van der Waals surface area (Å²) < 4.78 is 58.1. The average molecular weight is 515 g/mol. The number of hydrogen-bond acceptors (Lipinski definition) is 6. The number of benzene rings is 2. The van der Waals surface area contributed by atoms with Crippen LogP contribution in [0.25, 0.3) is 0 Å². The highest BCUT2D eigenvalue weighted by Gasteiger charge is 2.52. The van der Waals surface area contributed by atoms with Gasteiger partial charge in [-0.2, -0.15) is 13.2 Å². The Hall–Kier alpha value is -3.82. The number of amidine groups is 1. The largest absolute Gasteiger partial charge is 0.468 e. The van der Waals surface area contributed by atoms with Crippen molar-refractivity contribution in [2.24, 2.45) is 11.3 Å². The predicted molar refractivity (Wildman–Crippen MR) is 128 cm³/mol. The Morgan fingerprint density at radius 3 is 2.51 bits per heavy atom. The fourth-order valence-corrected chi connectivity index (χ4v) is 5.49. The van der Waals surface area contributed by atoms with Crippen molar-refractivity contribution >= 4 is 23.3 Å². The summed E-state index contributed by atoms with van der Waals surface area (Å²) >= 11 is 0. The molecule has 37 heavy (non-hydrogen) atoms. The summed E-state index contributed by atoms with van der Waals surface area (Å²) in [7, 11) is 1.15. The zero-order valence-corrected chi connectivity index (χ0v) is 20.4. The molecular weight excluding hydrogens is 489 g/mol. The number of alkyl halides is 3. The van der Waals surface area contributed by atoms with Crippen LogP contribution in [-0.4, -0.2) is 31.5 Å². The van der Waals surface area contributed by atoms with Gasteiger partial charge in [-0.1, -0.05) is 32.0 Å². The second kappa shape index (κ2) is 8.64. The van der Waals surface area contributed by atoms with Crippen molar-refractivity contribution in [1.82, 2.24) is 0 Å². The van der Waals surface area contributed by atoms with E-state index in [1.807, 2.05) is 13.8 Å². The summed E-state index contributed by atoms with van der Waals surface area (Å²) in [4.78, 5) is 28.0. The molecule has 0 bridgehead atoms. The van der Waals surface area contributed by atoms with Crippen LogP contribution in [0, 0.1) is 16.7 Å². The Morgan fingerprint density at radius 2 is 1.81 bits per heavy atom. The Morgan fingerprint density at radius 1 is 1.11 bits per heavy atom. The zero-order chi connectivity index (χ0) is 26.7. The van der Waals surface area contributed by atoms with Crippen LogP contribution < -0.4 is 14.4 Å². The van der Waals surface area contributed by atoms with E-state index in [-0.39, 0.29) is 42.4 Å². The van der Waals surface area contributed by atoms with Crippen LogP contribution >= 0.6 is 0 Å². The minimum atomic E-state index is -4.72. The first-order chi connectivity index (χ1) is 17.4. The molecule has 5 rings (SSSR count). The van der Waals surface area contributed by atoms with E-state index in [1.165, 1.54) is 18.2 Å². The Labute approximate surface area is 211 Å². The SMILES string of the molecule is COC(=O)C1C(=N)N(c2ccccc2C(F)(F)F)C2=C(C(=O)CC(C)(C)C2)C1c1ccc2c(c1)OCO2. The number of nitrogens with zero attached hydrogens (tertiary/aromatic N) is 1. The number of para-hydroxylation sites is 1. The van der Waals surface area contributed by atoms with Crippen LogP contribution in [0.4, 0.5) is 18.9 Å². The summed E-state index contributed by atoms with van der Waals surface area (Å²) in [5, 5.41) is 9.08. The number of fused-ring (bicyclic) bond motifs is 1. The number of hydrogen-bond donors (Lipinski definition) is 1. The Kier molecular flexibility index (Phi) is 5.80. The van der Waals surface area contributed by atoms with Gasteiger partial charge in [-0.05, 0) is 41.7 Å². The maximum atomic E-state index is 14.1. The number of halogens is 3. The molecule has 2 atom stereocenters. The van der Waals surface area contributed by atoms with Crippen LogP contribution in [0.3, 0.4) is 0 Å². The maximum absolute atomic E-state index is 14.1. The molecule has 1 aliphatic carbocycles. The molecular formula is C27H25F3N2O5. The number of methoxy groups -OCH3 is 1. The molecule has 0 fully saturated rings. The normalized spacial score (nSPS) is 22.7. The number of ketones is 1. The molecule has 1 N–H and O–H groups in total. The fourth-order valence-electron chi connectivity index (χ4n) is 5.49. The average Bonchev–Trinajstić information content (AvgIpc) is 3.29. The van der Waals surface area contributed by atoms with Gasteiger partial charge in [0, 0.05) is 23.6 Å². The molecule has 2 heterocycles. The molecule has 0 saturated carbocycles. The molecule has 2 aromatic carbocycles. The van der Waals surface area contributed by atoms with Gasteiger partial charge in [-0.3, -0.25) is 15.0 Å². The third-order valence-electron chi connectivity index (χ3n) is 7.01. The molecule has 10 heteroatoms. The standard InChI is InChI=1S/C27H25F3N2O5/c1-26(2)11-17-22(18(33)12-26)21(14-8-9-19-20(10-14)37-13-36-19)23(25(34)35-3)24(31)32(17)16-7-5-4-6-15(16)27(28,29)30/h4-10,21,23,31H,11-13H2,1-3H3. The minimum absolute atomic E-state index is 0.0166. The summed E-state index contributed by atoms with van der Waals surface area (Å²) in [5.74, 6) is -2.90. The molecule has 0 spiro atoms. The van der Waals surface area contributed by atoms with Crippen molar-refractivity contribution in [2.75, 3.05) is 18.8 Å². The fraction of sp³-hybridized carbons (Fsp3) is 0.370. The van der Waals surface area contributed by atoms with E-state index in [0.29, 0.717) is 17.1 Å². The molecule has 3 aliphatic rings. The lowest BCUT2D eigenvalue weighted by atomic mass is 9.66. The van der Waals surface area contributed by atoms with Gasteiger partial charge < -0.3 is 19.1 Å². The molecule has 0 radical (unpaired) electrons. The van der Waals surface area contributed by atoms with Gasteiger partial charge >= 0.3 is 12.1 Å². The van der Waals surface area contributed by atoms with E-state index in [4.69, 9.17) is 19.6 Å². The monoisotopic (exact) mass is 514 g/mol. The predicted octanol–water partition coefficient (Wildman–Crippen LogP) is 5.45. The van der Waals surface area contributed by atoms with E-state index in [9.17, 15) is 22.8 Å². The van der Waals surface area contributed by atoms with Gasteiger partial charge in [0.05, 0.1) is 18.4 Å². The van der Waals surface area contributed by atoms with Gasteiger partial charge in [-0.25, -0.2) is 0 Å². The highest BCUT2D eigenvalue weighted by Crippen LogP contribution is 2.52. The lowest BCUT2D eigenvalue weighted by molar-refractivity contribution is -0.143. The van der Waals surface area contributed by atoms with E-state index in [0.717, 1.165) is 18.1 Å². The zero-order valence-electron chi connectivity index (χ0n) is 20.4. The molecule has 2 unspecified atom stereocenters. The maximum Gasteiger partial charge on any atom is 0.418 e. The quantitative estimate of drug-likeness (QED) is 0.549. The lowest BCUT2D eigenvalue weighted by Crippen LogP contribution is -2.51. The summed E-state index contributed by atoms with van der Waals surface area (Å²) in [6.07, 6.45) is -4.35. The van der Waals surface area contributed by atoms with Gasteiger partial charge in [0.2, 0.25) is 6.79 Å². The lowest BCUT2D eigenvalue weighted by Gasteiger charge is -2.47. The number of Topliss-reactive ketones (excluding diaryl/α,β-unsaturated/α-hetero) is 1. The third-order valence-corrected chi connectivity index (χ3v) is 7.01. The summed E-state index contributed by atoms with van der Waals surface area (Å²) in [5.41, 5.74) is -0.844. The van der Waals surface area contributed by atoms with Gasteiger partial charge in [0.1, 0.15) is 11.8 Å². The molecule has 2 aliphatic heterocycles. The van der Waals surface area contributed by atoms with Crippen LogP contribution in [0.15, 0.2) is 53.7 Å². The van der Waals surface area contributed by atoms with Crippen LogP contribution in [0.1, 0.15) is 43.7 Å². The second-order valence-corrected chi connectivity index (χ2v) is 10.1. The number of carbonyl (C=O) groups excluding carboxylic acids is 2. The van der Waals surface area contributed by atoms with Gasteiger partial charge in [0.25, 0.3) is 0 Å². The first-order valence-electron chi connectivity index (χ1n) is 11.7. The summed E-state index contributed by atoms with van der Waals surface area (Å²) in [6.45, 7) is 3.73. The highest BCUT2D eigenvalue weighted by molar-refractivity contribution is 6.16. The molecule has 0 aromatic heterocycles. The number of rotatable bonds is 3. The second-order valence-electron chi connectivity index (χ2n) is 10.1. The molecule has 194 valence electrons. The first-order valence-corrected chi connectivity index (χ1v) is 11.7. The minimum Gasteiger partial charge on any atom is -0.468 e. The van der Waals surface area contributed by atoms with Crippen molar-refractivity contribution in [1.29, 1.82) is 5.41 Å². The van der Waals surface area contributed by atoms with Gasteiger partial charge in [-0.15, -0.1) is 0 Å². The topological polar surface area (TPSA) is 88.9 Å². The van der Waals surface area contributed by atoms with E-state index in [1.54, 1.807) is 18.2 Å². The Bertz CT molecular complexity index is 1350. The number of allylic oxidation sites excluding steroid dienone is 2. The summed E-state index contributed by atoms with van der Waals surface area (Å²) in [6, 6.07) is 9.85. The van der Waals surface area contributed by atoms with Crippen LogP contribution in [0.2, 0.25) is 0 Å².